The van der Waals surface area contributed by atoms with Crippen molar-refractivity contribution in [3.05, 3.63) is 69.2 Å². The predicted octanol–water partition coefficient (Wildman–Crippen LogP) is 4.02. The van der Waals surface area contributed by atoms with E-state index in [-0.39, 0.29) is 16.3 Å². The Morgan fingerprint density at radius 3 is 2.62 bits per heavy atom. The first kappa shape index (κ1) is 16.0. The summed E-state index contributed by atoms with van der Waals surface area (Å²) in [6.07, 6.45) is 0. The van der Waals surface area contributed by atoms with Crippen LogP contribution in [0.25, 0.3) is 10.6 Å². The molecule has 0 unspecified atom stereocenters. The van der Waals surface area contributed by atoms with E-state index >= 15 is 0 Å². The summed E-state index contributed by atoms with van der Waals surface area (Å²) in [6.45, 7) is 0. The highest BCUT2D eigenvalue weighted by Gasteiger charge is 2.17. The van der Waals surface area contributed by atoms with Crippen LogP contribution in [0.1, 0.15) is 10.4 Å². The number of nitrogens with one attached hydrogen (secondary N) is 1. The second-order valence-electron chi connectivity index (χ2n) is 4.66. The molecule has 3 aromatic rings. The van der Waals surface area contributed by atoms with Gasteiger partial charge in [-0.1, -0.05) is 53.3 Å². The highest BCUT2D eigenvalue weighted by molar-refractivity contribution is 7.18. The van der Waals surface area contributed by atoms with Crippen LogP contribution in [0.2, 0.25) is 5.02 Å². The molecule has 2 aromatic carbocycles. The maximum Gasteiger partial charge on any atom is 0.288 e. The largest absolute Gasteiger partial charge is 0.296 e. The summed E-state index contributed by atoms with van der Waals surface area (Å²) < 4.78 is 0. The molecule has 0 spiro atoms. The Bertz CT molecular complexity index is 914. The van der Waals surface area contributed by atoms with Crippen molar-refractivity contribution < 1.29 is 9.72 Å². The van der Waals surface area contributed by atoms with Crippen LogP contribution in [0, 0.1) is 10.1 Å². The SMILES string of the molecule is O=C(Nc1nnc(-c2ccccc2)s1)c1ccc(Cl)c([N+](=O)[O-])c1. The van der Waals surface area contributed by atoms with E-state index in [9.17, 15) is 14.9 Å². The highest BCUT2D eigenvalue weighted by atomic mass is 35.5. The van der Waals surface area contributed by atoms with Gasteiger partial charge in [0.15, 0.2) is 0 Å². The van der Waals surface area contributed by atoms with E-state index in [1.165, 1.54) is 23.5 Å². The molecule has 0 aliphatic rings. The number of carbonyl (C=O) groups is 1. The molecule has 0 fully saturated rings. The number of nitrogens with zero attached hydrogens (tertiary/aromatic N) is 3. The van der Waals surface area contributed by atoms with Crippen LogP contribution in [0.5, 0.6) is 0 Å². The van der Waals surface area contributed by atoms with Gasteiger partial charge in [-0.05, 0) is 12.1 Å². The Balaban J connectivity index is 1.80. The number of nitro groups is 1. The number of benzene rings is 2. The first-order valence-electron chi connectivity index (χ1n) is 6.69. The summed E-state index contributed by atoms with van der Waals surface area (Å²) in [5.74, 6) is -0.523. The van der Waals surface area contributed by atoms with E-state index in [1.807, 2.05) is 30.3 Å². The molecule has 9 heteroatoms. The molecule has 7 nitrogen and oxygen atoms in total. The zero-order chi connectivity index (χ0) is 17.1. The molecule has 120 valence electrons. The quantitative estimate of drug-likeness (QED) is 0.559. The second-order valence-corrected chi connectivity index (χ2v) is 6.04. The molecule has 0 aliphatic heterocycles. The Labute approximate surface area is 145 Å². The van der Waals surface area contributed by atoms with E-state index in [0.717, 1.165) is 11.6 Å². The van der Waals surface area contributed by atoms with Gasteiger partial charge in [0.25, 0.3) is 11.6 Å². The summed E-state index contributed by atoms with van der Waals surface area (Å²) in [7, 11) is 0. The predicted molar refractivity (Wildman–Crippen MR) is 91.4 cm³/mol. The van der Waals surface area contributed by atoms with Crippen molar-refractivity contribution in [3.63, 3.8) is 0 Å². The fourth-order valence-electron chi connectivity index (χ4n) is 1.93. The molecule has 0 bridgehead atoms. The number of hydrogen-bond acceptors (Lipinski definition) is 6. The smallest absolute Gasteiger partial charge is 0.288 e. The van der Waals surface area contributed by atoms with Crippen molar-refractivity contribution in [2.24, 2.45) is 0 Å². The van der Waals surface area contributed by atoms with Crippen molar-refractivity contribution in [1.29, 1.82) is 0 Å². The average Bonchev–Trinajstić information content (AvgIpc) is 3.04. The van der Waals surface area contributed by atoms with Crippen LogP contribution in [-0.4, -0.2) is 21.0 Å². The molecule has 0 saturated carbocycles. The monoisotopic (exact) mass is 360 g/mol. The van der Waals surface area contributed by atoms with Crippen molar-refractivity contribution in [2.45, 2.75) is 0 Å². The van der Waals surface area contributed by atoms with Crippen LogP contribution in [0.15, 0.2) is 48.5 Å². The molecule has 1 N–H and O–H groups in total. The van der Waals surface area contributed by atoms with Gasteiger partial charge >= 0.3 is 0 Å². The summed E-state index contributed by atoms with van der Waals surface area (Å²) in [6, 6.07) is 13.2. The fourth-order valence-corrected chi connectivity index (χ4v) is 2.86. The van der Waals surface area contributed by atoms with Crippen LogP contribution in [0.3, 0.4) is 0 Å². The molecule has 0 saturated heterocycles. The Morgan fingerprint density at radius 2 is 1.92 bits per heavy atom. The lowest BCUT2D eigenvalue weighted by atomic mass is 10.2. The van der Waals surface area contributed by atoms with E-state index in [2.05, 4.69) is 15.5 Å². The van der Waals surface area contributed by atoms with Crippen molar-refractivity contribution in [1.82, 2.24) is 10.2 Å². The molecular weight excluding hydrogens is 352 g/mol. The molecule has 0 aliphatic carbocycles. The standard InChI is InChI=1S/C15H9ClN4O3S/c16-11-7-6-10(8-12(11)20(22)23)13(21)17-15-19-18-14(24-15)9-4-2-1-3-5-9/h1-8H,(H,17,19,21). The number of amides is 1. The van der Waals surface area contributed by atoms with E-state index in [1.54, 1.807) is 0 Å². The molecule has 1 heterocycles. The number of hydrogen-bond donors (Lipinski definition) is 1. The summed E-state index contributed by atoms with van der Waals surface area (Å²) in [5, 5.41) is 22.3. The zero-order valence-corrected chi connectivity index (χ0v) is 13.5. The van der Waals surface area contributed by atoms with Crippen LogP contribution in [-0.2, 0) is 0 Å². The lowest BCUT2D eigenvalue weighted by Crippen LogP contribution is -2.12. The minimum absolute atomic E-state index is 0.0289. The molecular formula is C15H9ClN4O3S. The third-order valence-electron chi connectivity index (χ3n) is 3.07. The number of anilines is 1. The molecule has 0 radical (unpaired) electrons. The van der Waals surface area contributed by atoms with Gasteiger partial charge in [0, 0.05) is 17.2 Å². The first-order chi connectivity index (χ1) is 11.5. The van der Waals surface area contributed by atoms with Crippen LogP contribution in [0.4, 0.5) is 10.8 Å². The number of carbonyl (C=O) groups excluding carboxylic acids is 1. The van der Waals surface area contributed by atoms with Gasteiger partial charge in [0.1, 0.15) is 10.0 Å². The van der Waals surface area contributed by atoms with Crippen molar-refractivity contribution in [3.8, 4) is 10.6 Å². The van der Waals surface area contributed by atoms with E-state index in [0.29, 0.717) is 10.1 Å². The molecule has 0 atom stereocenters. The summed E-state index contributed by atoms with van der Waals surface area (Å²) >= 11 is 6.94. The minimum Gasteiger partial charge on any atom is -0.296 e. The van der Waals surface area contributed by atoms with E-state index < -0.39 is 10.8 Å². The summed E-state index contributed by atoms with van der Waals surface area (Å²) in [5.41, 5.74) is 0.673. The number of aromatic nitrogens is 2. The van der Waals surface area contributed by atoms with Gasteiger partial charge in [-0.25, -0.2) is 0 Å². The van der Waals surface area contributed by atoms with Crippen molar-refractivity contribution in [2.75, 3.05) is 5.32 Å². The highest BCUT2D eigenvalue weighted by Crippen LogP contribution is 2.28. The van der Waals surface area contributed by atoms with E-state index in [4.69, 9.17) is 11.6 Å². The van der Waals surface area contributed by atoms with Gasteiger partial charge < -0.3 is 0 Å². The Morgan fingerprint density at radius 1 is 1.17 bits per heavy atom. The van der Waals surface area contributed by atoms with Crippen LogP contribution >= 0.6 is 22.9 Å². The van der Waals surface area contributed by atoms with Gasteiger partial charge in [0.05, 0.1) is 4.92 Å². The Kier molecular flexibility index (Phi) is 4.50. The number of halogens is 1. The third-order valence-corrected chi connectivity index (χ3v) is 4.28. The van der Waals surface area contributed by atoms with Gasteiger partial charge in [0.2, 0.25) is 5.13 Å². The normalized spacial score (nSPS) is 10.4. The maximum absolute atomic E-state index is 12.2. The topological polar surface area (TPSA) is 98.0 Å². The fraction of sp³-hybridized carbons (Fsp3) is 0. The molecule has 1 aromatic heterocycles. The van der Waals surface area contributed by atoms with Gasteiger partial charge in [-0.3, -0.25) is 20.2 Å². The second kappa shape index (κ2) is 6.73. The minimum atomic E-state index is -0.641. The first-order valence-corrected chi connectivity index (χ1v) is 7.88. The Hall–Kier alpha value is -2.84. The zero-order valence-electron chi connectivity index (χ0n) is 12.0. The summed E-state index contributed by atoms with van der Waals surface area (Å²) in [4.78, 5) is 22.5. The molecule has 1 amide bonds. The van der Waals surface area contributed by atoms with Gasteiger partial charge in [-0.2, -0.15) is 0 Å². The number of nitro benzene ring substituents is 1. The average molecular weight is 361 g/mol. The maximum atomic E-state index is 12.2. The third kappa shape index (κ3) is 3.39. The molecule has 24 heavy (non-hydrogen) atoms. The molecule has 3 rings (SSSR count). The van der Waals surface area contributed by atoms with Gasteiger partial charge in [-0.15, -0.1) is 10.2 Å². The lowest BCUT2D eigenvalue weighted by Gasteiger charge is -2.02. The number of rotatable bonds is 4. The van der Waals surface area contributed by atoms with Crippen molar-refractivity contribution >= 4 is 39.7 Å². The van der Waals surface area contributed by atoms with Crippen LogP contribution < -0.4 is 5.32 Å². The lowest BCUT2D eigenvalue weighted by molar-refractivity contribution is -0.384.